The summed E-state index contributed by atoms with van der Waals surface area (Å²) in [7, 11) is 0. The predicted octanol–water partition coefficient (Wildman–Crippen LogP) is 2.90. The molecule has 1 fully saturated rings. The first-order valence-electron chi connectivity index (χ1n) is 7.47. The lowest BCUT2D eigenvalue weighted by Gasteiger charge is -2.19. The summed E-state index contributed by atoms with van der Waals surface area (Å²) in [5, 5.41) is 7.96. The van der Waals surface area contributed by atoms with Gasteiger partial charge in [-0.1, -0.05) is 13.8 Å². The second-order valence-corrected chi connectivity index (χ2v) is 6.05. The number of ether oxygens (including phenoxy) is 1. The highest BCUT2D eigenvalue weighted by Gasteiger charge is 2.31. The van der Waals surface area contributed by atoms with E-state index in [4.69, 9.17) is 4.74 Å². The van der Waals surface area contributed by atoms with Crippen LogP contribution in [0.25, 0.3) is 0 Å². The van der Waals surface area contributed by atoms with Crippen molar-refractivity contribution in [2.45, 2.75) is 71.2 Å². The average molecular weight is 265 g/mol. The van der Waals surface area contributed by atoms with Crippen molar-refractivity contribution in [3.8, 4) is 0 Å². The molecule has 2 heterocycles. The Hall–Kier alpha value is -0.870. The lowest BCUT2D eigenvalue weighted by atomic mass is 10.1. The number of hydrogen-bond acceptors (Lipinski definition) is 3. The molecule has 0 saturated carbocycles. The van der Waals surface area contributed by atoms with Gasteiger partial charge in [-0.15, -0.1) is 0 Å². The van der Waals surface area contributed by atoms with E-state index in [1.54, 1.807) is 0 Å². The van der Waals surface area contributed by atoms with Gasteiger partial charge in [0.05, 0.1) is 24.4 Å². The maximum Gasteiger partial charge on any atom is 0.0779 e. The molecular formula is C15H27N3O. The number of nitrogens with one attached hydrogen (secondary N) is 1. The van der Waals surface area contributed by atoms with Gasteiger partial charge < -0.3 is 10.1 Å². The van der Waals surface area contributed by atoms with E-state index in [-0.39, 0.29) is 5.60 Å². The van der Waals surface area contributed by atoms with Crippen LogP contribution >= 0.6 is 0 Å². The molecule has 0 aliphatic carbocycles. The summed E-state index contributed by atoms with van der Waals surface area (Å²) < 4.78 is 8.05. The zero-order valence-corrected chi connectivity index (χ0v) is 12.6. The first-order valence-corrected chi connectivity index (χ1v) is 7.47. The molecule has 0 bridgehead atoms. The van der Waals surface area contributed by atoms with Crippen LogP contribution in [0, 0.1) is 0 Å². The van der Waals surface area contributed by atoms with Gasteiger partial charge in [0.1, 0.15) is 0 Å². The van der Waals surface area contributed by atoms with Gasteiger partial charge in [-0.2, -0.15) is 5.10 Å². The van der Waals surface area contributed by atoms with Gasteiger partial charge in [0.2, 0.25) is 0 Å². The lowest BCUT2D eigenvalue weighted by Crippen LogP contribution is -2.23. The molecule has 2 unspecified atom stereocenters. The average Bonchev–Trinajstić information content (AvgIpc) is 2.93. The monoisotopic (exact) mass is 265 g/mol. The van der Waals surface area contributed by atoms with Crippen LogP contribution in [0.3, 0.4) is 0 Å². The Morgan fingerprint density at radius 3 is 2.89 bits per heavy atom. The van der Waals surface area contributed by atoms with Crippen molar-refractivity contribution < 1.29 is 4.74 Å². The van der Waals surface area contributed by atoms with Crippen molar-refractivity contribution >= 4 is 0 Å². The number of aromatic nitrogens is 2. The highest BCUT2D eigenvalue weighted by molar-refractivity contribution is 5.10. The molecule has 0 amide bonds. The van der Waals surface area contributed by atoms with Gasteiger partial charge >= 0.3 is 0 Å². The molecule has 0 spiro atoms. The van der Waals surface area contributed by atoms with Crippen LogP contribution in [0.15, 0.2) is 12.4 Å². The third kappa shape index (κ3) is 3.80. The summed E-state index contributed by atoms with van der Waals surface area (Å²) in [5.74, 6) is 0. The maximum atomic E-state index is 6.02. The van der Waals surface area contributed by atoms with Gasteiger partial charge in [0.15, 0.2) is 0 Å². The second kappa shape index (κ2) is 6.06. The van der Waals surface area contributed by atoms with Gasteiger partial charge in [0.25, 0.3) is 0 Å². The molecule has 1 saturated heterocycles. The van der Waals surface area contributed by atoms with Crippen LogP contribution in [0.5, 0.6) is 0 Å². The molecular weight excluding hydrogens is 238 g/mol. The summed E-state index contributed by atoms with van der Waals surface area (Å²) in [6, 6.07) is 0.416. The van der Waals surface area contributed by atoms with Crippen molar-refractivity contribution in [3.05, 3.63) is 18.0 Å². The van der Waals surface area contributed by atoms with Crippen LogP contribution in [-0.2, 0) is 11.3 Å². The van der Waals surface area contributed by atoms with E-state index in [1.807, 2.05) is 10.9 Å². The molecule has 0 aromatic carbocycles. The van der Waals surface area contributed by atoms with Crippen molar-refractivity contribution in [1.29, 1.82) is 0 Å². The Kier molecular flexibility index (Phi) is 4.63. The highest BCUT2D eigenvalue weighted by atomic mass is 16.5. The first-order chi connectivity index (χ1) is 9.04. The lowest BCUT2D eigenvalue weighted by molar-refractivity contribution is -0.0229. The van der Waals surface area contributed by atoms with Gasteiger partial charge in [-0.05, 0) is 39.7 Å². The number of rotatable bonds is 6. The van der Waals surface area contributed by atoms with Gasteiger partial charge in [-0.3, -0.25) is 4.68 Å². The fourth-order valence-corrected chi connectivity index (χ4v) is 2.82. The van der Waals surface area contributed by atoms with E-state index in [1.165, 1.54) is 5.56 Å². The summed E-state index contributed by atoms with van der Waals surface area (Å²) in [6.45, 7) is 10.5. The summed E-state index contributed by atoms with van der Waals surface area (Å²) >= 11 is 0. The van der Waals surface area contributed by atoms with Gasteiger partial charge in [-0.25, -0.2) is 0 Å². The Balaban J connectivity index is 1.94. The Morgan fingerprint density at radius 2 is 2.32 bits per heavy atom. The second-order valence-electron chi connectivity index (χ2n) is 6.05. The predicted molar refractivity (Wildman–Crippen MR) is 77.1 cm³/mol. The quantitative estimate of drug-likeness (QED) is 0.859. The molecule has 1 aromatic rings. The van der Waals surface area contributed by atoms with Crippen molar-refractivity contribution in [1.82, 2.24) is 15.1 Å². The molecule has 1 aromatic heterocycles. The smallest absolute Gasteiger partial charge is 0.0779 e. The maximum absolute atomic E-state index is 6.02. The van der Waals surface area contributed by atoms with E-state index in [2.05, 4.69) is 44.3 Å². The van der Waals surface area contributed by atoms with Crippen molar-refractivity contribution in [3.63, 3.8) is 0 Å². The standard InChI is InChI=1S/C15H27N3O/c1-5-14(16-6-2)12-9-17-18(10-12)11-13-7-8-15(3,4)19-13/h9-10,13-14,16H,5-8,11H2,1-4H3. The van der Waals surface area contributed by atoms with Crippen LogP contribution in [0.2, 0.25) is 0 Å². The Labute approximate surface area is 116 Å². The summed E-state index contributed by atoms with van der Waals surface area (Å²) in [5.41, 5.74) is 1.32. The molecule has 1 aliphatic rings. The van der Waals surface area contributed by atoms with E-state index >= 15 is 0 Å². The van der Waals surface area contributed by atoms with Crippen LogP contribution in [0.1, 0.15) is 58.6 Å². The van der Waals surface area contributed by atoms with Crippen molar-refractivity contribution in [2.75, 3.05) is 6.54 Å². The molecule has 0 radical (unpaired) electrons. The molecule has 19 heavy (non-hydrogen) atoms. The Bertz CT molecular complexity index is 400. The Morgan fingerprint density at radius 1 is 1.53 bits per heavy atom. The molecule has 1 aliphatic heterocycles. The van der Waals surface area contributed by atoms with E-state index in [0.717, 1.165) is 32.4 Å². The van der Waals surface area contributed by atoms with Crippen LogP contribution < -0.4 is 5.32 Å². The molecule has 108 valence electrons. The zero-order valence-electron chi connectivity index (χ0n) is 12.6. The summed E-state index contributed by atoms with van der Waals surface area (Å²) in [6.07, 6.45) is 7.81. The van der Waals surface area contributed by atoms with E-state index in [9.17, 15) is 0 Å². The molecule has 4 heteroatoms. The molecule has 4 nitrogen and oxygen atoms in total. The third-order valence-corrected chi connectivity index (χ3v) is 3.86. The van der Waals surface area contributed by atoms with Crippen molar-refractivity contribution in [2.24, 2.45) is 0 Å². The minimum atomic E-state index is 0.0381. The minimum Gasteiger partial charge on any atom is -0.370 e. The summed E-state index contributed by atoms with van der Waals surface area (Å²) in [4.78, 5) is 0. The number of nitrogens with zero attached hydrogens (tertiary/aromatic N) is 2. The first kappa shape index (κ1) is 14.5. The van der Waals surface area contributed by atoms with Gasteiger partial charge in [0, 0.05) is 17.8 Å². The molecule has 2 atom stereocenters. The fourth-order valence-electron chi connectivity index (χ4n) is 2.82. The zero-order chi connectivity index (χ0) is 13.9. The normalized spacial score (nSPS) is 23.7. The highest BCUT2D eigenvalue weighted by Crippen LogP contribution is 2.30. The molecule has 1 N–H and O–H groups in total. The van der Waals surface area contributed by atoms with Crippen LogP contribution in [-0.4, -0.2) is 28.0 Å². The third-order valence-electron chi connectivity index (χ3n) is 3.86. The van der Waals surface area contributed by atoms with E-state index < -0.39 is 0 Å². The SMILES string of the molecule is CCNC(CC)c1cnn(CC2CCC(C)(C)O2)c1. The fraction of sp³-hybridized carbons (Fsp3) is 0.800. The topological polar surface area (TPSA) is 39.1 Å². The minimum absolute atomic E-state index is 0.0381. The largest absolute Gasteiger partial charge is 0.370 e. The molecule has 2 rings (SSSR count). The number of hydrogen-bond donors (Lipinski definition) is 1. The van der Waals surface area contributed by atoms with Crippen LogP contribution in [0.4, 0.5) is 0 Å². The van der Waals surface area contributed by atoms with E-state index in [0.29, 0.717) is 12.1 Å².